The highest BCUT2D eigenvalue weighted by Crippen LogP contribution is 2.19. The van der Waals surface area contributed by atoms with E-state index in [0.717, 1.165) is 6.42 Å². The lowest BCUT2D eigenvalue weighted by Gasteiger charge is -2.08. The Morgan fingerprint density at radius 2 is 2.05 bits per heavy atom. The van der Waals surface area contributed by atoms with Crippen molar-refractivity contribution in [3.8, 4) is 5.75 Å². The van der Waals surface area contributed by atoms with Crippen molar-refractivity contribution in [1.29, 1.82) is 0 Å². The van der Waals surface area contributed by atoms with Crippen LogP contribution in [0.3, 0.4) is 0 Å². The number of hydrogen-bond acceptors (Lipinski definition) is 5. The van der Waals surface area contributed by atoms with E-state index in [4.69, 9.17) is 15.2 Å². The van der Waals surface area contributed by atoms with E-state index in [1.54, 1.807) is 29.5 Å². The number of esters is 1. The van der Waals surface area contributed by atoms with Crippen LogP contribution in [-0.4, -0.2) is 19.2 Å². The fraction of sp³-hybridized carbons (Fsp3) is 0.214. The molecule has 0 bridgehead atoms. The number of ether oxygens (including phenoxy) is 2. The summed E-state index contributed by atoms with van der Waals surface area (Å²) in [7, 11) is 0. The van der Waals surface area contributed by atoms with Crippen molar-refractivity contribution < 1.29 is 14.3 Å². The third-order valence-corrected chi connectivity index (χ3v) is 3.39. The number of rotatable bonds is 6. The minimum Gasteiger partial charge on any atom is -0.480 e. The minimum atomic E-state index is -0.389. The third-order valence-electron chi connectivity index (χ3n) is 2.46. The van der Waals surface area contributed by atoms with Crippen LogP contribution in [0.2, 0.25) is 0 Å². The van der Waals surface area contributed by atoms with Gasteiger partial charge in [-0.15, -0.1) is 11.3 Å². The number of hydrogen-bond donors (Lipinski definition) is 1. The standard InChI is InChI=1S/C14H15NO3S/c15-12-5-1-2-6-13(12)18-10-14(16)17-8-7-11-4-3-9-19-11/h1-6,9H,7-8,10,15H2. The zero-order chi connectivity index (χ0) is 13.5. The monoisotopic (exact) mass is 277 g/mol. The van der Waals surface area contributed by atoms with E-state index in [0.29, 0.717) is 18.0 Å². The lowest BCUT2D eigenvalue weighted by atomic mass is 10.3. The quantitative estimate of drug-likeness (QED) is 0.651. The molecule has 19 heavy (non-hydrogen) atoms. The number of para-hydroxylation sites is 2. The van der Waals surface area contributed by atoms with Crippen LogP contribution < -0.4 is 10.5 Å². The summed E-state index contributed by atoms with van der Waals surface area (Å²) in [4.78, 5) is 12.7. The van der Waals surface area contributed by atoms with Gasteiger partial charge in [0.05, 0.1) is 12.3 Å². The molecule has 2 rings (SSSR count). The molecule has 0 saturated heterocycles. The van der Waals surface area contributed by atoms with Crippen LogP contribution >= 0.6 is 11.3 Å². The Hall–Kier alpha value is -2.01. The van der Waals surface area contributed by atoms with Gasteiger partial charge in [-0.05, 0) is 23.6 Å². The summed E-state index contributed by atoms with van der Waals surface area (Å²) in [6.07, 6.45) is 0.733. The number of carbonyl (C=O) groups is 1. The first-order valence-corrected chi connectivity index (χ1v) is 6.79. The molecular weight excluding hydrogens is 262 g/mol. The average Bonchev–Trinajstić information content (AvgIpc) is 2.91. The number of benzene rings is 1. The first kappa shape index (κ1) is 13.4. The highest BCUT2D eigenvalue weighted by molar-refractivity contribution is 7.09. The average molecular weight is 277 g/mol. The summed E-state index contributed by atoms with van der Waals surface area (Å²) in [6.45, 7) is 0.242. The number of nitrogen functional groups attached to an aromatic ring is 1. The van der Waals surface area contributed by atoms with E-state index in [1.807, 2.05) is 23.6 Å². The van der Waals surface area contributed by atoms with Gasteiger partial charge in [0.25, 0.3) is 0 Å². The molecule has 0 unspecified atom stereocenters. The summed E-state index contributed by atoms with van der Waals surface area (Å²) in [6, 6.07) is 11.0. The van der Waals surface area contributed by atoms with Crippen molar-refractivity contribution in [2.45, 2.75) is 6.42 Å². The second-order valence-corrected chi connectivity index (χ2v) is 4.91. The lowest BCUT2D eigenvalue weighted by molar-refractivity contribution is -0.145. The summed E-state index contributed by atoms with van der Waals surface area (Å²) < 4.78 is 10.4. The topological polar surface area (TPSA) is 61.5 Å². The molecule has 0 fully saturated rings. The molecule has 2 aromatic rings. The van der Waals surface area contributed by atoms with Gasteiger partial charge in [-0.3, -0.25) is 0 Å². The van der Waals surface area contributed by atoms with Crippen molar-refractivity contribution in [3.05, 3.63) is 46.7 Å². The number of carbonyl (C=O) groups excluding carboxylic acids is 1. The van der Waals surface area contributed by atoms with Gasteiger partial charge in [-0.25, -0.2) is 4.79 Å². The largest absolute Gasteiger partial charge is 0.480 e. The molecule has 0 saturated carbocycles. The highest BCUT2D eigenvalue weighted by atomic mass is 32.1. The summed E-state index contributed by atoms with van der Waals surface area (Å²) >= 11 is 1.65. The molecule has 0 spiro atoms. The molecule has 0 aliphatic heterocycles. The Kier molecular flexibility index (Phi) is 4.80. The van der Waals surface area contributed by atoms with E-state index >= 15 is 0 Å². The van der Waals surface area contributed by atoms with Gasteiger partial charge in [0.2, 0.25) is 0 Å². The van der Waals surface area contributed by atoms with Crippen LogP contribution in [0.25, 0.3) is 0 Å². The van der Waals surface area contributed by atoms with Crippen molar-refractivity contribution in [2.75, 3.05) is 18.9 Å². The first-order valence-electron chi connectivity index (χ1n) is 5.91. The molecule has 0 aliphatic carbocycles. The second-order valence-electron chi connectivity index (χ2n) is 3.88. The van der Waals surface area contributed by atoms with Crippen molar-refractivity contribution in [2.24, 2.45) is 0 Å². The summed E-state index contributed by atoms with van der Waals surface area (Å²) in [5.41, 5.74) is 6.20. The van der Waals surface area contributed by atoms with Gasteiger partial charge in [-0.2, -0.15) is 0 Å². The van der Waals surface area contributed by atoms with Gasteiger partial charge in [0.15, 0.2) is 6.61 Å². The van der Waals surface area contributed by atoms with Crippen molar-refractivity contribution in [3.63, 3.8) is 0 Å². The fourth-order valence-electron chi connectivity index (χ4n) is 1.51. The van der Waals surface area contributed by atoms with E-state index in [9.17, 15) is 4.79 Å². The molecule has 1 aromatic carbocycles. The maximum absolute atomic E-state index is 11.5. The number of thiophene rings is 1. The Morgan fingerprint density at radius 3 is 2.79 bits per heavy atom. The zero-order valence-electron chi connectivity index (χ0n) is 10.4. The maximum Gasteiger partial charge on any atom is 0.344 e. The molecular formula is C14H15NO3S. The predicted molar refractivity (Wildman–Crippen MR) is 75.3 cm³/mol. The van der Waals surface area contributed by atoms with Crippen LogP contribution in [0.1, 0.15) is 4.88 Å². The van der Waals surface area contributed by atoms with Gasteiger partial charge in [-0.1, -0.05) is 18.2 Å². The highest BCUT2D eigenvalue weighted by Gasteiger charge is 2.06. The Bertz CT molecular complexity index is 525. The minimum absolute atomic E-state index is 0.126. The Morgan fingerprint density at radius 1 is 1.21 bits per heavy atom. The number of nitrogens with two attached hydrogens (primary N) is 1. The lowest BCUT2D eigenvalue weighted by Crippen LogP contribution is -2.16. The number of anilines is 1. The maximum atomic E-state index is 11.5. The van der Waals surface area contributed by atoms with Gasteiger partial charge < -0.3 is 15.2 Å². The molecule has 1 heterocycles. The van der Waals surface area contributed by atoms with Gasteiger partial charge in [0.1, 0.15) is 5.75 Å². The van der Waals surface area contributed by atoms with Crippen LogP contribution in [0.15, 0.2) is 41.8 Å². The molecule has 0 amide bonds. The van der Waals surface area contributed by atoms with E-state index in [2.05, 4.69) is 0 Å². The van der Waals surface area contributed by atoms with Gasteiger partial charge in [0, 0.05) is 11.3 Å². The summed E-state index contributed by atoms with van der Waals surface area (Å²) in [5, 5.41) is 2.00. The molecule has 100 valence electrons. The van der Waals surface area contributed by atoms with Gasteiger partial charge >= 0.3 is 5.97 Å². The van der Waals surface area contributed by atoms with Crippen LogP contribution in [0.4, 0.5) is 5.69 Å². The molecule has 0 radical (unpaired) electrons. The normalized spacial score (nSPS) is 10.1. The van der Waals surface area contributed by atoms with E-state index in [1.165, 1.54) is 4.88 Å². The second kappa shape index (κ2) is 6.80. The smallest absolute Gasteiger partial charge is 0.344 e. The molecule has 5 heteroatoms. The molecule has 1 aromatic heterocycles. The van der Waals surface area contributed by atoms with E-state index in [-0.39, 0.29) is 12.6 Å². The predicted octanol–water partition coefficient (Wildman–Crippen LogP) is 2.50. The molecule has 0 atom stereocenters. The van der Waals surface area contributed by atoms with Crippen molar-refractivity contribution in [1.82, 2.24) is 0 Å². The fourth-order valence-corrected chi connectivity index (χ4v) is 2.20. The SMILES string of the molecule is Nc1ccccc1OCC(=O)OCCc1cccs1. The molecule has 4 nitrogen and oxygen atoms in total. The Labute approximate surface area is 115 Å². The summed E-state index contributed by atoms with van der Waals surface area (Å²) in [5.74, 6) is 0.109. The van der Waals surface area contributed by atoms with Crippen molar-refractivity contribution >= 4 is 23.0 Å². The van der Waals surface area contributed by atoms with E-state index < -0.39 is 0 Å². The first-order chi connectivity index (χ1) is 9.25. The third kappa shape index (κ3) is 4.30. The van der Waals surface area contributed by atoms with Crippen LogP contribution in [-0.2, 0) is 16.0 Å². The molecule has 0 aliphatic rings. The Balaban J connectivity index is 1.69. The van der Waals surface area contributed by atoms with Crippen LogP contribution in [0.5, 0.6) is 5.75 Å². The zero-order valence-corrected chi connectivity index (χ0v) is 11.2. The van der Waals surface area contributed by atoms with Crippen LogP contribution in [0, 0.1) is 0 Å². The molecule has 2 N–H and O–H groups in total.